The van der Waals surface area contributed by atoms with Crippen molar-refractivity contribution in [2.45, 2.75) is 56.8 Å². The maximum Gasteiger partial charge on any atom is 0.408 e. The number of carbonyl (C=O) groups excluding carboxylic acids is 2. The standard InChI is InChI=1S/C33H33N7O3/c1-20-29(39-33(42)43-20)32(41)40-17-3-5-28(40)31-36-19-27(38-31)24-14-10-22(11-15-24)7-6-21-8-12-23(13-9-21)26-18-35-30(37-26)25-4-2-16-34-25/h8-15,18-20,25,28-29,34H,2-5,16-17H2,1H3,(H,35,37)(H,36,38)(H,39,42)/t20-,25-,28-,29+/m0/s1. The Morgan fingerprint density at radius 2 is 1.51 bits per heavy atom. The van der Waals surface area contributed by atoms with Gasteiger partial charge in [-0.3, -0.25) is 4.79 Å². The van der Waals surface area contributed by atoms with E-state index in [1.54, 1.807) is 18.0 Å². The van der Waals surface area contributed by atoms with Gasteiger partial charge in [0.05, 0.1) is 35.9 Å². The molecule has 0 unspecified atom stereocenters. The molecule has 218 valence electrons. The van der Waals surface area contributed by atoms with Crippen LogP contribution >= 0.6 is 0 Å². The molecule has 0 spiro atoms. The molecular formula is C33H33N7O3. The van der Waals surface area contributed by atoms with Crippen LogP contribution in [0.3, 0.4) is 0 Å². The van der Waals surface area contributed by atoms with Crippen molar-refractivity contribution in [2.75, 3.05) is 13.1 Å². The Balaban J connectivity index is 0.996. The summed E-state index contributed by atoms with van der Waals surface area (Å²) in [6, 6.07) is 15.7. The first-order valence-electron chi connectivity index (χ1n) is 14.9. The molecule has 3 aliphatic rings. The molecule has 0 bridgehead atoms. The highest BCUT2D eigenvalue weighted by atomic mass is 16.6. The zero-order chi connectivity index (χ0) is 29.3. The molecule has 0 aliphatic carbocycles. The molecule has 3 aliphatic heterocycles. The highest BCUT2D eigenvalue weighted by Gasteiger charge is 2.42. The summed E-state index contributed by atoms with van der Waals surface area (Å²) in [5.41, 5.74) is 5.82. The van der Waals surface area contributed by atoms with Crippen LogP contribution in [0, 0.1) is 11.8 Å². The molecule has 10 heteroatoms. The van der Waals surface area contributed by atoms with Crippen LogP contribution in [0.25, 0.3) is 22.5 Å². The molecular weight excluding hydrogens is 542 g/mol. The number of carbonyl (C=O) groups is 2. The summed E-state index contributed by atoms with van der Waals surface area (Å²) in [6.45, 7) is 3.40. The second-order valence-electron chi connectivity index (χ2n) is 11.3. The maximum atomic E-state index is 13.2. The normalized spacial score (nSPS) is 23.1. The number of nitrogens with zero attached hydrogens (tertiary/aromatic N) is 3. The molecule has 5 heterocycles. The monoisotopic (exact) mass is 575 g/mol. The number of hydrogen-bond donors (Lipinski definition) is 4. The number of aromatic amines is 2. The SMILES string of the molecule is C[C@@H]1OC(=O)N[C@H]1C(=O)N1CCC[C@H]1c1ncc(-c2ccc(C#Cc3ccc(-c4cnc([C@@H]5CCCN5)[nH]4)cc3)cc2)[nH]1. The van der Waals surface area contributed by atoms with Gasteiger partial charge in [-0.2, -0.15) is 0 Å². The number of benzene rings is 2. The van der Waals surface area contributed by atoms with Crippen molar-refractivity contribution < 1.29 is 14.3 Å². The van der Waals surface area contributed by atoms with E-state index in [-0.39, 0.29) is 11.9 Å². The number of H-pyrrole nitrogens is 2. The van der Waals surface area contributed by atoms with E-state index in [0.717, 1.165) is 71.1 Å². The van der Waals surface area contributed by atoms with Gasteiger partial charge in [-0.1, -0.05) is 36.1 Å². The Kier molecular flexibility index (Phi) is 7.17. The van der Waals surface area contributed by atoms with Gasteiger partial charge in [-0.05, 0) is 74.5 Å². The van der Waals surface area contributed by atoms with Crippen molar-refractivity contribution in [3.8, 4) is 34.4 Å². The van der Waals surface area contributed by atoms with E-state index in [0.29, 0.717) is 12.6 Å². The minimum absolute atomic E-state index is 0.135. The van der Waals surface area contributed by atoms with Gasteiger partial charge < -0.3 is 30.2 Å². The summed E-state index contributed by atoms with van der Waals surface area (Å²) >= 11 is 0. The number of nitrogens with one attached hydrogen (secondary N) is 4. The first-order chi connectivity index (χ1) is 21.0. The minimum Gasteiger partial charge on any atom is -0.444 e. The highest BCUT2D eigenvalue weighted by molar-refractivity contribution is 5.89. The fraction of sp³-hybridized carbons (Fsp3) is 0.333. The summed E-state index contributed by atoms with van der Waals surface area (Å²) in [7, 11) is 0. The van der Waals surface area contributed by atoms with Crippen LogP contribution in [-0.2, 0) is 9.53 Å². The average molecular weight is 576 g/mol. The van der Waals surface area contributed by atoms with E-state index in [9.17, 15) is 9.59 Å². The first kappa shape index (κ1) is 27.0. The summed E-state index contributed by atoms with van der Waals surface area (Å²) < 4.78 is 5.11. The summed E-state index contributed by atoms with van der Waals surface area (Å²) in [5.74, 6) is 8.12. The Hall–Kier alpha value is -4.88. The summed E-state index contributed by atoms with van der Waals surface area (Å²) in [4.78, 5) is 42.6. The lowest BCUT2D eigenvalue weighted by Crippen LogP contribution is -2.47. The molecule has 2 amide bonds. The molecule has 2 aromatic carbocycles. The van der Waals surface area contributed by atoms with Gasteiger partial charge >= 0.3 is 6.09 Å². The van der Waals surface area contributed by atoms with Crippen molar-refractivity contribution >= 4 is 12.0 Å². The molecule has 3 fully saturated rings. The Labute approximate surface area is 249 Å². The predicted molar refractivity (Wildman–Crippen MR) is 161 cm³/mol. The topological polar surface area (TPSA) is 128 Å². The third-order valence-corrected chi connectivity index (χ3v) is 8.48. The third-order valence-electron chi connectivity index (χ3n) is 8.48. The van der Waals surface area contributed by atoms with Crippen molar-refractivity contribution in [1.29, 1.82) is 0 Å². The number of likely N-dealkylation sites (tertiary alicyclic amines) is 1. The van der Waals surface area contributed by atoms with Crippen LogP contribution in [0.15, 0.2) is 60.9 Å². The van der Waals surface area contributed by atoms with Crippen LogP contribution in [0.1, 0.15) is 67.5 Å². The summed E-state index contributed by atoms with van der Waals surface area (Å²) in [6.07, 6.45) is 6.64. The van der Waals surface area contributed by atoms with Crippen LogP contribution < -0.4 is 10.6 Å². The largest absolute Gasteiger partial charge is 0.444 e. The molecule has 0 saturated carbocycles. The Morgan fingerprint density at radius 3 is 2.09 bits per heavy atom. The number of cyclic esters (lactones) is 1. The van der Waals surface area contributed by atoms with E-state index in [4.69, 9.17) is 4.74 Å². The third kappa shape index (κ3) is 5.51. The van der Waals surface area contributed by atoms with Crippen molar-refractivity contribution in [3.63, 3.8) is 0 Å². The lowest BCUT2D eigenvalue weighted by atomic mass is 10.1. The Bertz CT molecular complexity index is 1690. The molecule has 4 N–H and O–H groups in total. The molecule has 43 heavy (non-hydrogen) atoms. The van der Waals surface area contributed by atoms with Gasteiger partial charge in [0.15, 0.2) is 0 Å². The predicted octanol–water partition coefficient (Wildman–Crippen LogP) is 4.45. The van der Waals surface area contributed by atoms with Gasteiger partial charge in [0.25, 0.3) is 0 Å². The number of aromatic nitrogens is 4. The number of amides is 2. The minimum atomic E-state index is -0.669. The molecule has 4 atom stereocenters. The fourth-order valence-electron chi connectivity index (χ4n) is 6.11. The number of imidazole rings is 2. The number of hydrogen-bond acceptors (Lipinski definition) is 6. The quantitative estimate of drug-likeness (QED) is 0.260. The second-order valence-corrected chi connectivity index (χ2v) is 11.3. The highest BCUT2D eigenvalue weighted by Crippen LogP contribution is 2.33. The molecule has 7 rings (SSSR count). The van der Waals surface area contributed by atoms with Crippen LogP contribution in [0.5, 0.6) is 0 Å². The van der Waals surface area contributed by atoms with Crippen LogP contribution in [-0.4, -0.2) is 62.1 Å². The first-order valence-corrected chi connectivity index (χ1v) is 14.9. The fourth-order valence-corrected chi connectivity index (χ4v) is 6.11. The molecule has 10 nitrogen and oxygen atoms in total. The zero-order valence-corrected chi connectivity index (χ0v) is 23.9. The van der Waals surface area contributed by atoms with Crippen molar-refractivity contribution in [1.82, 2.24) is 35.5 Å². The van der Waals surface area contributed by atoms with E-state index in [2.05, 4.69) is 54.5 Å². The van der Waals surface area contributed by atoms with Crippen molar-refractivity contribution in [2.24, 2.45) is 0 Å². The van der Waals surface area contributed by atoms with E-state index >= 15 is 0 Å². The molecule has 0 radical (unpaired) electrons. The van der Waals surface area contributed by atoms with Crippen molar-refractivity contribution in [3.05, 3.63) is 83.7 Å². The number of rotatable bonds is 5. The van der Waals surface area contributed by atoms with Gasteiger partial charge in [0.2, 0.25) is 5.91 Å². The van der Waals surface area contributed by atoms with Gasteiger partial charge in [0.1, 0.15) is 23.8 Å². The second kappa shape index (κ2) is 11.4. The average Bonchev–Trinajstić information content (AvgIpc) is 3.86. The van der Waals surface area contributed by atoms with Gasteiger partial charge in [-0.15, -0.1) is 0 Å². The number of alkyl carbamates (subject to hydrolysis) is 1. The maximum absolute atomic E-state index is 13.2. The Morgan fingerprint density at radius 1 is 0.884 bits per heavy atom. The lowest BCUT2D eigenvalue weighted by molar-refractivity contribution is -0.135. The van der Waals surface area contributed by atoms with Crippen LogP contribution in [0.2, 0.25) is 0 Å². The smallest absolute Gasteiger partial charge is 0.408 e. The molecule has 4 aromatic rings. The summed E-state index contributed by atoms with van der Waals surface area (Å²) in [5, 5.41) is 6.11. The molecule has 3 saturated heterocycles. The number of ether oxygens (including phenoxy) is 1. The van der Waals surface area contributed by atoms with E-state index in [1.165, 1.54) is 6.42 Å². The zero-order valence-electron chi connectivity index (χ0n) is 23.9. The van der Waals surface area contributed by atoms with Gasteiger partial charge in [0, 0.05) is 17.7 Å². The van der Waals surface area contributed by atoms with Crippen LogP contribution in [0.4, 0.5) is 4.79 Å². The lowest BCUT2D eigenvalue weighted by Gasteiger charge is -2.26. The van der Waals surface area contributed by atoms with E-state index in [1.807, 2.05) is 42.6 Å². The van der Waals surface area contributed by atoms with Gasteiger partial charge in [-0.25, -0.2) is 14.8 Å². The molecule has 2 aromatic heterocycles. The van der Waals surface area contributed by atoms with E-state index < -0.39 is 18.2 Å².